The van der Waals surface area contributed by atoms with Gasteiger partial charge in [-0.3, -0.25) is 9.88 Å². The van der Waals surface area contributed by atoms with E-state index in [1.165, 1.54) is 27.7 Å². The number of rotatable bonds is 3. The molecule has 0 aliphatic carbocycles. The highest BCUT2D eigenvalue weighted by Crippen LogP contribution is 2.39. The van der Waals surface area contributed by atoms with Crippen LogP contribution in [0.2, 0.25) is 0 Å². The normalized spacial score (nSPS) is 18.1. The van der Waals surface area contributed by atoms with Gasteiger partial charge in [-0.25, -0.2) is 0 Å². The molecule has 0 amide bonds. The molecule has 1 aliphatic heterocycles. The first-order chi connectivity index (χ1) is 11.7. The van der Waals surface area contributed by atoms with E-state index in [0.29, 0.717) is 6.04 Å². The van der Waals surface area contributed by atoms with Crippen LogP contribution >= 0.6 is 0 Å². The maximum atomic E-state index is 5.42. The summed E-state index contributed by atoms with van der Waals surface area (Å²) in [4.78, 5) is 10.6. The van der Waals surface area contributed by atoms with Crippen LogP contribution in [0.1, 0.15) is 36.7 Å². The number of aromatic amines is 1. The molecule has 0 saturated carbocycles. The Morgan fingerprint density at radius 3 is 2.88 bits per heavy atom. The van der Waals surface area contributed by atoms with E-state index in [9.17, 15) is 0 Å². The van der Waals surface area contributed by atoms with Gasteiger partial charge in [-0.05, 0) is 55.7 Å². The van der Waals surface area contributed by atoms with Gasteiger partial charge < -0.3 is 9.72 Å². The molecule has 1 aliphatic rings. The van der Waals surface area contributed by atoms with E-state index in [-0.39, 0.29) is 6.04 Å². The number of hydrogen-bond donors (Lipinski definition) is 1. The summed E-state index contributed by atoms with van der Waals surface area (Å²) >= 11 is 0. The SMILES string of the molecule is COc1ccc2[nH]c3c(c2c1)CCN(C(C)C)C3c1cccnc1. The van der Waals surface area contributed by atoms with E-state index >= 15 is 0 Å². The summed E-state index contributed by atoms with van der Waals surface area (Å²) in [6.07, 6.45) is 4.88. The fourth-order valence-electron chi connectivity index (χ4n) is 3.87. The number of hydrogen-bond acceptors (Lipinski definition) is 3. The van der Waals surface area contributed by atoms with Gasteiger partial charge in [-0.1, -0.05) is 6.07 Å². The first-order valence-electron chi connectivity index (χ1n) is 8.53. The number of methoxy groups -OCH3 is 1. The molecule has 0 radical (unpaired) electrons. The third-order valence-electron chi connectivity index (χ3n) is 5.03. The van der Waals surface area contributed by atoms with Crippen molar-refractivity contribution in [1.29, 1.82) is 0 Å². The number of aromatic nitrogens is 2. The summed E-state index contributed by atoms with van der Waals surface area (Å²) in [5.41, 5.74) is 5.13. The number of ether oxygens (including phenoxy) is 1. The Balaban J connectivity index is 1.91. The van der Waals surface area contributed by atoms with E-state index in [2.05, 4.69) is 46.9 Å². The van der Waals surface area contributed by atoms with Gasteiger partial charge in [0.1, 0.15) is 5.75 Å². The first kappa shape index (κ1) is 15.2. The molecule has 4 rings (SSSR count). The maximum Gasteiger partial charge on any atom is 0.119 e. The van der Waals surface area contributed by atoms with Crippen molar-refractivity contribution in [1.82, 2.24) is 14.9 Å². The van der Waals surface area contributed by atoms with Crippen LogP contribution in [0.5, 0.6) is 5.75 Å². The highest BCUT2D eigenvalue weighted by molar-refractivity contribution is 5.86. The van der Waals surface area contributed by atoms with Gasteiger partial charge in [0.15, 0.2) is 0 Å². The quantitative estimate of drug-likeness (QED) is 0.795. The van der Waals surface area contributed by atoms with Gasteiger partial charge in [-0.15, -0.1) is 0 Å². The van der Waals surface area contributed by atoms with Gasteiger partial charge in [0, 0.05) is 41.6 Å². The lowest BCUT2D eigenvalue weighted by molar-refractivity contribution is 0.165. The molecule has 0 spiro atoms. The van der Waals surface area contributed by atoms with Crippen molar-refractivity contribution in [3.8, 4) is 5.75 Å². The van der Waals surface area contributed by atoms with Crippen molar-refractivity contribution in [2.75, 3.05) is 13.7 Å². The molecular formula is C20H23N3O. The van der Waals surface area contributed by atoms with E-state index in [0.717, 1.165) is 18.7 Å². The summed E-state index contributed by atoms with van der Waals surface area (Å²) in [6.45, 7) is 5.58. The van der Waals surface area contributed by atoms with Crippen LogP contribution in [-0.4, -0.2) is 34.6 Å². The minimum Gasteiger partial charge on any atom is -0.497 e. The van der Waals surface area contributed by atoms with Crippen molar-refractivity contribution in [3.63, 3.8) is 0 Å². The van der Waals surface area contributed by atoms with Crippen molar-refractivity contribution >= 4 is 10.9 Å². The van der Waals surface area contributed by atoms with E-state index in [1.807, 2.05) is 24.5 Å². The van der Waals surface area contributed by atoms with Gasteiger partial charge in [0.25, 0.3) is 0 Å². The predicted octanol–water partition coefficient (Wildman–Crippen LogP) is 3.93. The minimum absolute atomic E-state index is 0.223. The molecule has 3 aromatic rings. The van der Waals surface area contributed by atoms with Gasteiger partial charge in [0.2, 0.25) is 0 Å². The Bertz CT molecular complexity index is 854. The molecule has 2 aromatic heterocycles. The fraction of sp³-hybridized carbons (Fsp3) is 0.350. The molecule has 3 heterocycles. The number of nitrogens with one attached hydrogen (secondary N) is 1. The summed E-state index contributed by atoms with van der Waals surface area (Å²) in [6, 6.07) is 11.2. The first-order valence-corrected chi connectivity index (χ1v) is 8.53. The summed E-state index contributed by atoms with van der Waals surface area (Å²) in [7, 11) is 1.72. The van der Waals surface area contributed by atoms with Crippen molar-refractivity contribution in [3.05, 3.63) is 59.5 Å². The predicted molar refractivity (Wildman–Crippen MR) is 96.5 cm³/mol. The molecule has 0 saturated heterocycles. The Hall–Kier alpha value is -2.33. The van der Waals surface area contributed by atoms with E-state index in [4.69, 9.17) is 4.74 Å². The zero-order valence-electron chi connectivity index (χ0n) is 14.4. The Labute approximate surface area is 142 Å². The smallest absolute Gasteiger partial charge is 0.119 e. The highest BCUT2D eigenvalue weighted by atomic mass is 16.5. The number of benzene rings is 1. The second-order valence-electron chi connectivity index (χ2n) is 6.70. The molecule has 1 N–H and O–H groups in total. The minimum atomic E-state index is 0.223. The topological polar surface area (TPSA) is 41.1 Å². The van der Waals surface area contributed by atoms with Gasteiger partial charge >= 0.3 is 0 Å². The zero-order valence-corrected chi connectivity index (χ0v) is 14.4. The van der Waals surface area contributed by atoms with Crippen LogP contribution in [0.15, 0.2) is 42.7 Å². The average molecular weight is 321 g/mol. The number of nitrogens with zero attached hydrogens (tertiary/aromatic N) is 2. The van der Waals surface area contributed by atoms with Crippen molar-refractivity contribution < 1.29 is 4.74 Å². The van der Waals surface area contributed by atoms with Crippen molar-refractivity contribution in [2.45, 2.75) is 32.4 Å². The van der Waals surface area contributed by atoms with Gasteiger partial charge in [-0.2, -0.15) is 0 Å². The van der Waals surface area contributed by atoms with Crippen LogP contribution in [0, 0.1) is 0 Å². The molecule has 4 heteroatoms. The van der Waals surface area contributed by atoms with E-state index < -0.39 is 0 Å². The third-order valence-corrected chi connectivity index (χ3v) is 5.03. The van der Waals surface area contributed by atoms with Crippen LogP contribution in [-0.2, 0) is 6.42 Å². The standard InChI is InChI=1S/C20H23N3O/c1-13(2)23-10-8-16-17-11-15(24-3)6-7-18(17)22-19(16)20(23)14-5-4-9-21-12-14/h4-7,9,11-13,20,22H,8,10H2,1-3H3. The largest absolute Gasteiger partial charge is 0.497 e. The van der Waals surface area contributed by atoms with Crippen LogP contribution in [0.25, 0.3) is 10.9 Å². The van der Waals surface area contributed by atoms with Crippen molar-refractivity contribution in [2.24, 2.45) is 0 Å². The Morgan fingerprint density at radius 2 is 2.17 bits per heavy atom. The highest BCUT2D eigenvalue weighted by Gasteiger charge is 2.33. The lowest BCUT2D eigenvalue weighted by atomic mass is 9.92. The molecule has 1 atom stereocenters. The second-order valence-corrected chi connectivity index (χ2v) is 6.70. The molecule has 0 fully saturated rings. The lowest BCUT2D eigenvalue weighted by Crippen LogP contribution is -2.40. The number of pyridine rings is 1. The zero-order chi connectivity index (χ0) is 16.7. The molecular weight excluding hydrogens is 298 g/mol. The average Bonchev–Trinajstić information content (AvgIpc) is 2.99. The second kappa shape index (κ2) is 5.95. The number of H-pyrrole nitrogens is 1. The van der Waals surface area contributed by atoms with Crippen LogP contribution < -0.4 is 4.74 Å². The molecule has 0 bridgehead atoms. The Morgan fingerprint density at radius 1 is 1.29 bits per heavy atom. The van der Waals surface area contributed by atoms with Gasteiger partial charge in [0.05, 0.1) is 13.2 Å². The van der Waals surface area contributed by atoms with E-state index in [1.54, 1.807) is 7.11 Å². The summed E-state index contributed by atoms with van der Waals surface area (Å²) < 4.78 is 5.42. The summed E-state index contributed by atoms with van der Waals surface area (Å²) in [5.74, 6) is 0.911. The van der Waals surface area contributed by atoms with Crippen LogP contribution in [0.4, 0.5) is 0 Å². The molecule has 1 unspecified atom stereocenters. The fourth-order valence-corrected chi connectivity index (χ4v) is 3.87. The lowest BCUT2D eigenvalue weighted by Gasteiger charge is -2.38. The molecule has 124 valence electrons. The molecule has 24 heavy (non-hydrogen) atoms. The number of fused-ring (bicyclic) bond motifs is 3. The monoisotopic (exact) mass is 321 g/mol. The molecule has 1 aromatic carbocycles. The Kier molecular flexibility index (Phi) is 3.77. The summed E-state index contributed by atoms with van der Waals surface area (Å²) in [5, 5.41) is 1.28. The van der Waals surface area contributed by atoms with Crippen LogP contribution in [0.3, 0.4) is 0 Å². The maximum absolute atomic E-state index is 5.42. The molecule has 4 nitrogen and oxygen atoms in total. The third kappa shape index (κ3) is 2.38.